The van der Waals surface area contributed by atoms with E-state index in [1.54, 1.807) is 30.3 Å². The molecule has 0 atom stereocenters. The first-order valence-electron chi connectivity index (χ1n) is 9.59. The van der Waals surface area contributed by atoms with E-state index in [0.717, 1.165) is 12.7 Å². The fraction of sp³-hybridized carbons (Fsp3) is 0.273. The van der Waals surface area contributed by atoms with Gasteiger partial charge in [-0.05, 0) is 48.2 Å². The zero-order chi connectivity index (χ0) is 22.8. The Hall–Kier alpha value is -2.35. The van der Waals surface area contributed by atoms with Gasteiger partial charge in [-0.1, -0.05) is 49.2 Å². The maximum atomic E-state index is 13.3. The number of rotatable bonds is 7. The van der Waals surface area contributed by atoms with Crippen molar-refractivity contribution >= 4 is 33.0 Å². The number of halogens is 2. The van der Waals surface area contributed by atoms with Crippen LogP contribution in [0.1, 0.15) is 20.3 Å². The Labute approximate surface area is 191 Å². The molecule has 0 amide bonds. The molecule has 0 aliphatic rings. The summed E-state index contributed by atoms with van der Waals surface area (Å²) in [5, 5.41) is 4.95. The molecule has 0 aliphatic heterocycles. The van der Waals surface area contributed by atoms with Crippen molar-refractivity contribution in [1.29, 1.82) is 0 Å². The number of aromatic nitrogens is 2. The molecule has 0 saturated carbocycles. The van der Waals surface area contributed by atoms with Gasteiger partial charge in [-0.15, -0.1) is 0 Å². The monoisotopic (exact) mass is 480 g/mol. The Bertz CT molecular complexity index is 1250. The standard InChI is InChI=1S/C22H22Cl2N2O4S/c1-14(2)10-11-30-21-18(15-4-7-17(8-5-15)31(3,28)29)13-25-26(22(21)27)16-6-9-19(23)20(24)12-16/h4-9,12-14H,10-11H2,1-3H3. The molecule has 6 nitrogen and oxygen atoms in total. The van der Waals surface area contributed by atoms with Crippen LogP contribution in [0.25, 0.3) is 16.8 Å². The Kier molecular flexibility index (Phi) is 7.09. The van der Waals surface area contributed by atoms with Crippen LogP contribution in [0.4, 0.5) is 0 Å². The number of hydrogen-bond donors (Lipinski definition) is 0. The molecular formula is C22H22Cl2N2O4S. The van der Waals surface area contributed by atoms with Crippen LogP contribution in [-0.2, 0) is 9.84 Å². The van der Waals surface area contributed by atoms with Crippen LogP contribution in [0.5, 0.6) is 5.75 Å². The highest BCUT2D eigenvalue weighted by Gasteiger charge is 2.17. The molecule has 164 valence electrons. The van der Waals surface area contributed by atoms with E-state index in [1.807, 2.05) is 0 Å². The lowest BCUT2D eigenvalue weighted by molar-refractivity contribution is 0.285. The summed E-state index contributed by atoms with van der Waals surface area (Å²) in [5.41, 5.74) is 1.10. The summed E-state index contributed by atoms with van der Waals surface area (Å²) in [6.07, 6.45) is 3.42. The number of nitrogens with zero attached hydrogens (tertiary/aromatic N) is 2. The lowest BCUT2D eigenvalue weighted by atomic mass is 10.1. The SMILES string of the molecule is CC(C)CCOc1c(-c2ccc(S(C)(=O)=O)cc2)cnn(-c2ccc(Cl)c(Cl)c2)c1=O. The Balaban J connectivity index is 2.11. The molecule has 3 aromatic rings. The van der Waals surface area contributed by atoms with Gasteiger partial charge in [0.1, 0.15) is 0 Å². The highest BCUT2D eigenvalue weighted by atomic mass is 35.5. The van der Waals surface area contributed by atoms with Gasteiger partial charge in [-0.25, -0.2) is 8.42 Å². The van der Waals surface area contributed by atoms with Crippen molar-refractivity contribution in [2.24, 2.45) is 5.92 Å². The second-order valence-electron chi connectivity index (χ2n) is 7.53. The maximum Gasteiger partial charge on any atom is 0.314 e. The summed E-state index contributed by atoms with van der Waals surface area (Å²) in [5.74, 6) is 0.533. The van der Waals surface area contributed by atoms with Crippen LogP contribution in [0.2, 0.25) is 10.0 Å². The minimum Gasteiger partial charge on any atom is -0.487 e. The summed E-state index contributed by atoms with van der Waals surface area (Å²) in [6, 6.07) is 11.0. The van der Waals surface area contributed by atoms with E-state index in [-0.39, 0.29) is 10.6 Å². The molecule has 1 aromatic heterocycles. The highest BCUT2D eigenvalue weighted by Crippen LogP contribution is 2.29. The molecule has 3 rings (SSSR count). The van der Waals surface area contributed by atoms with Gasteiger partial charge in [0, 0.05) is 11.8 Å². The number of hydrogen-bond acceptors (Lipinski definition) is 5. The summed E-state index contributed by atoms with van der Waals surface area (Å²) in [7, 11) is -3.33. The van der Waals surface area contributed by atoms with E-state index in [9.17, 15) is 13.2 Å². The topological polar surface area (TPSA) is 78.3 Å². The normalized spacial score (nSPS) is 11.7. The third-order valence-electron chi connectivity index (χ3n) is 4.62. The lowest BCUT2D eigenvalue weighted by Gasteiger charge is -2.14. The van der Waals surface area contributed by atoms with Crippen molar-refractivity contribution in [3.05, 3.63) is 69.1 Å². The largest absolute Gasteiger partial charge is 0.487 e. The van der Waals surface area contributed by atoms with E-state index in [2.05, 4.69) is 18.9 Å². The molecule has 0 aliphatic carbocycles. The fourth-order valence-electron chi connectivity index (χ4n) is 2.86. The quantitative estimate of drug-likeness (QED) is 0.473. The van der Waals surface area contributed by atoms with Gasteiger partial charge in [0.15, 0.2) is 15.6 Å². The number of ether oxygens (including phenoxy) is 1. The molecule has 0 saturated heterocycles. The van der Waals surface area contributed by atoms with Crippen LogP contribution < -0.4 is 10.3 Å². The zero-order valence-corrected chi connectivity index (χ0v) is 19.6. The zero-order valence-electron chi connectivity index (χ0n) is 17.3. The first-order chi connectivity index (χ1) is 14.6. The molecule has 2 aromatic carbocycles. The van der Waals surface area contributed by atoms with E-state index in [0.29, 0.717) is 39.4 Å². The van der Waals surface area contributed by atoms with Crippen LogP contribution in [0, 0.1) is 5.92 Å². The van der Waals surface area contributed by atoms with Crippen molar-refractivity contribution in [1.82, 2.24) is 9.78 Å². The summed E-state index contributed by atoms with van der Waals surface area (Å²) < 4.78 is 30.6. The second-order valence-corrected chi connectivity index (χ2v) is 10.4. The first kappa shape index (κ1) is 23.3. The van der Waals surface area contributed by atoms with E-state index in [4.69, 9.17) is 27.9 Å². The van der Waals surface area contributed by atoms with Gasteiger partial charge in [0.25, 0.3) is 0 Å². The summed E-state index contributed by atoms with van der Waals surface area (Å²) in [4.78, 5) is 13.5. The summed E-state index contributed by atoms with van der Waals surface area (Å²) >= 11 is 12.1. The van der Waals surface area contributed by atoms with Gasteiger partial charge in [-0.2, -0.15) is 9.78 Å². The minimum absolute atomic E-state index is 0.133. The molecule has 1 heterocycles. The van der Waals surface area contributed by atoms with Crippen LogP contribution in [-0.4, -0.2) is 31.1 Å². The number of benzene rings is 2. The average molecular weight is 481 g/mol. The first-order valence-corrected chi connectivity index (χ1v) is 12.2. The van der Waals surface area contributed by atoms with Gasteiger partial charge in [0.05, 0.1) is 33.4 Å². The van der Waals surface area contributed by atoms with Gasteiger partial charge >= 0.3 is 5.56 Å². The molecule has 0 spiro atoms. The maximum absolute atomic E-state index is 13.3. The van der Waals surface area contributed by atoms with Crippen LogP contribution in [0.15, 0.2) is 58.4 Å². The molecular weight excluding hydrogens is 459 g/mol. The molecule has 31 heavy (non-hydrogen) atoms. The average Bonchev–Trinajstić information content (AvgIpc) is 2.70. The third-order valence-corrected chi connectivity index (χ3v) is 6.48. The van der Waals surface area contributed by atoms with Gasteiger partial charge in [-0.3, -0.25) is 4.79 Å². The Morgan fingerprint density at radius 3 is 2.32 bits per heavy atom. The number of sulfone groups is 1. The fourth-order valence-corrected chi connectivity index (χ4v) is 3.78. The molecule has 0 radical (unpaired) electrons. The smallest absolute Gasteiger partial charge is 0.314 e. The van der Waals surface area contributed by atoms with Gasteiger partial charge in [0.2, 0.25) is 0 Å². The molecule has 9 heteroatoms. The molecule has 0 unspecified atom stereocenters. The lowest BCUT2D eigenvalue weighted by Crippen LogP contribution is -2.24. The minimum atomic E-state index is -3.33. The molecule has 0 N–H and O–H groups in total. The van der Waals surface area contributed by atoms with Gasteiger partial charge < -0.3 is 4.74 Å². The third kappa shape index (κ3) is 5.47. The highest BCUT2D eigenvalue weighted by molar-refractivity contribution is 7.90. The summed E-state index contributed by atoms with van der Waals surface area (Å²) in [6.45, 7) is 4.48. The van der Waals surface area contributed by atoms with Crippen LogP contribution in [0.3, 0.4) is 0 Å². The van der Waals surface area contributed by atoms with Crippen LogP contribution >= 0.6 is 23.2 Å². The Morgan fingerprint density at radius 1 is 1.06 bits per heavy atom. The molecule has 0 bridgehead atoms. The van der Waals surface area contributed by atoms with E-state index >= 15 is 0 Å². The van der Waals surface area contributed by atoms with Crippen molar-refractivity contribution in [2.75, 3.05) is 12.9 Å². The van der Waals surface area contributed by atoms with Crippen molar-refractivity contribution in [3.8, 4) is 22.6 Å². The predicted octanol–water partition coefficient (Wildman–Crippen LogP) is 5.03. The Morgan fingerprint density at radius 2 is 1.74 bits per heavy atom. The molecule has 0 fully saturated rings. The van der Waals surface area contributed by atoms with E-state index < -0.39 is 15.4 Å². The van der Waals surface area contributed by atoms with Crippen molar-refractivity contribution in [3.63, 3.8) is 0 Å². The van der Waals surface area contributed by atoms with Crippen molar-refractivity contribution in [2.45, 2.75) is 25.2 Å². The van der Waals surface area contributed by atoms with Crippen molar-refractivity contribution < 1.29 is 13.2 Å². The predicted molar refractivity (Wildman–Crippen MR) is 123 cm³/mol. The van der Waals surface area contributed by atoms with E-state index in [1.165, 1.54) is 23.0 Å². The second kappa shape index (κ2) is 9.42.